The van der Waals surface area contributed by atoms with Crippen molar-refractivity contribution in [3.05, 3.63) is 22.6 Å². The van der Waals surface area contributed by atoms with Gasteiger partial charge in [-0.3, -0.25) is 4.79 Å². The van der Waals surface area contributed by atoms with Gasteiger partial charge in [-0.05, 0) is 35.3 Å². The van der Waals surface area contributed by atoms with Crippen molar-refractivity contribution in [2.75, 3.05) is 18.5 Å². The van der Waals surface area contributed by atoms with E-state index in [4.69, 9.17) is 4.74 Å². The smallest absolute Gasteiger partial charge is 0.305 e. The number of aromatic nitrogens is 1. The number of esters is 1. The summed E-state index contributed by atoms with van der Waals surface area (Å²) >= 11 is 3.12. The van der Waals surface area contributed by atoms with E-state index < -0.39 is 5.82 Å². The summed E-state index contributed by atoms with van der Waals surface area (Å²) in [5, 5.41) is 2.82. The number of hydrogen-bond acceptors (Lipinski definition) is 4. The molecule has 1 aromatic heterocycles. The number of rotatable bonds is 6. The minimum absolute atomic E-state index is 0.192. The molecule has 0 atom stereocenters. The van der Waals surface area contributed by atoms with E-state index in [9.17, 15) is 9.18 Å². The SMILES string of the molecule is CCOC(=O)CCCNc1ncc(Br)cc1F. The summed E-state index contributed by atoms with van der Waals surface area (Å²) < 4.78 is 18.7. The maximum atomic E-state index is 13.3. The van der Waals surface area contributed by atoms with Crippen LogP contribution in [0.2, 0.25) is 0 Å². The molecular formula is C11H14BrFN2O2. The van der Waals surface area contributed by atoms with Gasteiger partial charge in [-0.25, -0.2) is 9.37 Å². The van der Waals surface area contributed by atoms with Gasteiger partial charge < -0.3 is 10.1 Å². The van der Waals surface area contributed by atoms with Gasteiger partial charge in [0.05, 0.1) is 6.61 Å². The number of ether oxygens (including phenoxy) is 1. The predicted molar refractivity (Wildman–Crippen MR) is 66.3 cm³/mol. The summed E-state index contributed by atoms with van der Waals surface area (Å²) in [5.41, 5.74) is 0. The molecule has 0 fully saturated rings. The highest BCUT2D eigenvalue weighted by atomic mass is 79.9. The van der Waals surface area contributed by atoms with Crippen LogP contribution in [0.3, 0.4) is 0 Å². The molecule has 0 aliphatic carbocycles. The number of carbonyl (C=O) groups excluding carboxylic acids is 1. The van der Waals surface area contributed by atoms with E-state index in [1.54, 1.807) is 6.92 Å². The molecule has 6 heteroatoms. The normalized spacial score (nSPS) is 10.1. The second-order valence-electron chi connectivity index (χ2n) is 3.32. The Morgan fingerprint density at radius 3 is 3.06 bits per heavy atom. The number of carbonyl (C=O) groups is 1. The minimum Gasteiger partial charge on any atom is -0.466 e. The van der Waals surface area contributed by atoms with E-state index in [0.29, 0.717) is 30.5 Å². The van der Waals surface area contributed by atoms with Gasteiger partial charge in [0.2, 0.25) is 0 Å². The zero-order chi connectivity index (χ0) is 12.7. The van der Waals surface area contributed by atoms with Crippen molar-refractivity contribution < 1.29 is 13.9 Å². The molecule has 1 N–H and O–H groups in total. The zero-order valence-electron chi connectivity index (χ0n) is 9.50. The monoisotopic (exact) mass is 304 g/mol. The molecule has 4 nitrogen and oxygen atoms in total. The van der Waals surface area contributed by atoms with Gasteiger partial charge in [0.25, 0.3) is 0 Å². The van der Waals surface area contributed by atoms with Crippen LogP contribution in [0.4, 0.5) is 10.2 Å². The Bertz CT molecular complexity index is 388. The Morgan fingerprint density at radius 1 is 1.65 bits per heavy atom. The Morgan fingerprint density at radius 2 is 2.41 bits per heavy atom. The molecule has 17 heavy (non-hydrogen) atoms. The Labute approximate surface area is 108 Å². The van der Waals surface area contributed by atoms with Crippen LogP contribution in [0.5, 0.6) is 0 Å². The van der Waals surface area contributed by atoms with Crippen LogP contribution >= 0.6 is 15.9 Å². The molecule has 0 aliphatic heterocycles. The highest BCUT2D eigenvalue weighted by molar-refractivity contribution is 9.10. The van der Waals surface area contributed by atoms with Crippen LogP contribution in [0.1, 0.15) is 19.8 Å². The van der Waals surface area contributed by atoms with Crippen molar-refractivity contribution in [3.8, 4) is 0 Å². The summed E-state index contributed by atoms with van der Waals surface area (Å²) in [4.78, 5) is 14.9. The van der Waals surface area contributed by atoms with Crippen molar-refractivity contribution in [1.29, 1.82) is 0 Å². The molecule has 0 saturated carbocycles. The third kappa shape index (κ3) is 5.12. The van der Waals surface area contributed by atoms with Crippen LogP contribution in [-0.2, 0) is 9.53 Å². The van der Waals surface area contributed by atoms with Crippen LogP contribution < -0.4 is 5.32 Å². The molecule has 0 radical (unpaired) electrons. The van der Waals surface area contributed by atoms with Gasteiger partial charge >= 0.3 is 5.97 Å². The number of hydrogen-bond donors (Lipinski definition) is 1. The topological polar surface area (TPSA) is 51.2 Å². The van der Waals surface area contributed by atoms with Gasteiger partial charge in [-0.2, -0.15) is 0 Å². The molecule has 0 bridgehead atoms. The van der Waals surface area contributed by atoms with Crippen molar-refractivity contribution in [2.45, 2.75) is 19.8 Å². The standard InChI is InChI=1S/C11H14BrFN2O2/c1-2-17-10(16)4-3-5-14-11-9(13)6-8(12)7-15-11/h6-7H,2-5H2,1H3,(H,14,15). The second kappa shape index (κ2) is 7.21. The van der Waals surface area contributed by atoms with E-state index in [0.717, 1.165) is 0 Å². The number of halogens is 2. The second-order valence-corrected chi connectivity index (χ2v) is 4.23. The highest BCUT2D eigenvalue weighted by Gasteiger charge is 2.05. The van der Waals surface area contributed by atoms with Crippen molar-refractivity contribution in [2.24, 2.45) is 0 Å². The van der Waals surface area contributed by atoms with Gasteiger partial charge in [-0.15, -0.1) is 0 Å². The van der Waals surface area contributed by atoms with E-state index in [1.165, 1.54) is 12.3 Å². The van der Waals surface area contributed by atoms with Gasteiger partial charge in [-0.1, -0.05) is 0 Å². The molecule has 1 rings (SSSR count). The highest BCUT2D eigenvalue weighted by Crippen LogP contribution is 2.15. The molecule has 0 spiro atoms. The minimum atomic E-state index is -0.421. The Hall–Kier alpha value is -1.17. The third-order valence-electron chi connectivity index (χ3n) is 1.96. The Kier molecular flexibility index (Phi) is 5.90. The lowest BCUT2D eigenvalue weighted by Gasteiger charge is -2.06. The molecule has 1 aromatic rings. The average molecular weight is 305 g/mol. The first kappa shape index (κ1) is 13.9. The van der Waals surface area contributed by atoms with E-state index in [-0.39, 0.29) is 11.8 Å². The number of pyridine rings is 1. The molecule has 94 valence electrons. The largest absolute Gasteiger partial charge is 0.466 e. The molecule has 0 aromatic carbocycles. The number of anilines is 1. The zero-order valence-corrected chi connectivity index (χ0v) is 11.1. The first-order valence-electron chi connectivity index (χ1n) is 5.34. The lowest BCUT2D eigenvalue weighted by molar-refractivity contribution is -0.143. The molecule has 0 saturated heterocycles. The van der Waals surface area contributed by atoms with Gasteiger partial charge in [0, 0.05) is 23.6 Å². The van der Waals surface area contributed by atoms with E-state index in [2.05, 4.69) is 26.2 Å². The lowest BCUT2D eigenvalue weighted by Crippen LogP contribution is -2.09. The maximum Gasteiger partial charge on any atom is 0.305 e. The van der Waals surface area contributed by atoms with Crippen LogP contribution in [0.15, 0.2) is 16.7 Å². The van der Waals surface area contributed by atoms with Crippen LogP contribution in [0.25, 0.3) is 0 Å². The fraction of sp³-hybridized carbons (Fsp3) is 0.455. The quantitative estimate of drug-likeness (QED) is 0.648. The summed E-state index contributed by atoms with van der Waals surface area (Å²) in [6.07, 6.45) is 2.41. The lowest BCUT2D eigenvalue weighted by atomic mass is 10.3. The molecule has 0 amide bonds. The fourth-order valence-electron chi connectivity index (χ4n) is 1.22. The molecule has 0 aliphatic rings. The summed E-state index contributed by atoms with van der Waals surface area (Å²) in [5.74, 6) is -0.467. The van der Waals surface area contributed by atoms with E-state index in [1.807, 2.05) is 0 Å². The molecule has 0 unspecified atom stereocenters. The Balaban J connectivity index is 2.29. The van der Waals surface area contributed by atoms with Crippen molar-refractivity contribution in [3.63, 3.8) is 0 Å². The van der Waals surface area contributed by atoms with Crippen molar-refractivity contribution >= 4 is 27.7 Å². The first-order chi connectivity index (χ1) is 8.13. The maximum absolute atomic E-state index is 13.3. The van der Waals surface area contributed by atoms with Crippen LogP contribution in [0, 0.1) is 5.82 Å². The summed E-state index contributed by atoms with van der Waals surface area (Å²) in [6, 6.07) is 1.33. The van der Waals surface area contributed by atoms with Crippen LogP contribution in [-0.4, -0.2) is 24.1 Å². The summed E-state index contributed by atoms with van der Waals surface area (Å²) in [7, 11) is 0. The summed E-state index contributed by atoms with van der Waals surface area (Å²) in [6.45, 7) is 2.62. The third-order valence-corrected chi connectivity index (χ3v) is 2.40. The molecule has 1 heterocycles. The first-order valence-corrected chi connectivity index (χ1v) is 6.13. The number of nitrogens with zero attached hydrogens (tertiary/aromatic N) is 1. The van der Waals surface area contributed by atoms with E-state index >= 15 is 0 Å². The van der Waals surface area contributed by atoms with Gasteiger partial charge in [0.15, 0.2) is 11.6 Å². The fourth-order valence-corrected chi connectivity index (χ4v) is 1.52. The number of nitrogens with one attached hydrogen (secondary N) is 1. The van der Waals surface area contributed by atoms with Crippen molar-refractivity contribution in [1.82, 2.24) is 4.98 Å². The van der Waals surface area contributed by atoms with Gasteiger partial charge in [0.1, 0.15) is 0 Å². The predicted octanol–water partition coefficient (Wildman–Crippen LogP) is 2.74. The average Bonchev–Trinajstić information content (AvgIpc) is 2.27. The molecular weight excluding hydrogens is 291 g/mol.